The Morgan fingerprint density at radius 2 is 0.800 bits per heavy atom. The van der Waals surface area contributed by atoms with Crippen LogP contribution in [0.3, 0.4) is 0 Å². The molecule has 10 nitrogen and oxygen atoms in total. The minimum absolute atomic E-state index is 0.262. The fourth-order valence-corrected chi connectivity index (χ4v) is 4.12. The summed E-state index contributed by atoms with van der Waals surface area (Å²) in [6, 6.07) is 16.6. The van der Waals surface area contributed by atoms with E-state index in [0.717, 1.165) is 63.2 Å². The van der Waals surface area contributed by atoms with Crippen LogP contribution in [0.2, 0.25) is 0 Å². The summed E-state index contributed by atoms with van der Waals surface area (Å²) in [6.07, 6.45) is 4.66. The van der Waals surface area contributed by atoms with Gasteiger partial charge in [-0.2, -0.15) is 26.3 Å². The number of alkyl halides is 6. The normalized spacial score (nSPS) is 10.9. The highest BCUT2D eigenvalue weighted by Gasteiger charge is 2.38. The first-order chi connectivity index (χ1) is 23.4. The minimum Gasteiger partial charge on any atom is -0.494 e. The molecule has 0 aromatic heterocycles. The number of aryl methyl sites for hydroxylation is 2. The van der Waals surface area contributed by atoms with Gasteiger partial charge in [-0.05, 0) is 73.9 Å². The number of nitrogens with one attached hydrogen (secondary N) is 2. The third-order valence-corrected chi connectivity index (χ3v) is 6.73. The van der Waals surface area contributed by atoms with Crippen LogP contribution in [0.25, 0.3) is 0 Å². The Kier molecular flexibility index (Phi) is 23.2. The Morgan fingerprint density at radius 3 is 1.04 bits per heavy atom. The third-order valence-electron chi connectivity index (χ3n) is 6.73. The number of aliphatic carboxylic acids is 2. The molecule has 0 unspecified atom stereocenters. The predicted octanol–water partition coefficient (Wildman–Crippen LogP) is 8.05. The van der Waals surface area contributed by atoms with E-state index in [1.54, 1.807) is 0 Å². The predicted molar refractivity (Wildman–Crippen MR) is 178 cm³/mol. The average Bonchev–Trinajstić information content (AvgIpc) is 3.02. The molecule has 0 aliphatic heterocycles. The molecule has 8 N–H and O–H groups in total. The summed E-state index contributed by atoms with van der Waals surface area (Å²) in [5, 5.41) is 28.8. The molecule has 16 heteroatoms. The molecule has 0 saturated carbocycles. The van der Waals surface area contributed by atoms with E-state index < -0.39 is 24.3 Å². The highest BCUT2D eigenvalue weighted by molar-refractivity contribution is 5.77. The second-order valence-electron chi connectivity index (χ2n) is 11.2. The number of unbranched alkanes of at least 4 members (excludes halogenated alkanes) is 7. The lowest BCUT2D eigenvalue weighted by Gasteiger charge is -2.08. The number of nitrogens with two attached hydrogens (primary N) is 2. The van der Waals surface area contributed by atoms with Gasteiger partial charge in [-0.25, -0.2) is 9.59 Å². The van der Waals surface area contributed by atoms with Gasteiger partial charge in [-0.15, -0.1) is 0 Å². The van der Waals surface area contributed by atoms with Crippen molar-refractivity contribution in [1.29, 1.82) is 10.8 Å². The van der Waals surface area contributed by atoms with Crippen molar-refractivity contribution in [3.63, 3.8) is 0 Å². The Labute approximate surface area is 288 Å². The maximum Gasteiger partial charge on any atom is 0.490 e. The molecule has 0 heterocycles. The van der Waals surface area contributed by atoms with Crippen molar-refractivity contribution < 1.29 is 55.6 Å². The van der Waals surface area contributed by atoms with Gasteiger partial charge in [-0.1, -0.05) is 62.8 Å². The second-order valence-corrected chi connectivity index (χ2v) is 11.2. The molecular weight excluding hydrogens is 674 g/mol. The lowest BCUT2D eigenvalue weighted by atomic mass is 10.1. The Hall–Kier alpha value is -4.50. The first-order valence-corrected chi connectivity index (χ1v) is 16.1. The number of carbonyl (C=O) groups is 2. The zero-order valence-electron chi connectivity index (χ0n) is 27.9. The van der Waals surface area contributed by atoms with E-state index in [0.29, 0.717) is 12.8 Å². The van der Waals surface area contributed by atoms with Crippen molar-refractivity contribution in [2.45, 2.75) is 102 Å². The maximum atomic E-state index is 10.6. The van der Waals surface area contributed by atoms with E-state index in [9.17, 15) is 26.3 Å². The van der Waals surface area contributed by atoms with E-state index in [1.807, 2.05) is 24.3 Å². The summed E-state index contributed by atoms with van der Waals surface area (Å²) >= 11 is 0. The highest BCUT2D eigenvalue weighted by atomic mass is 19.4. The van der Waals surface area contributed by atoms with E-state index in [-0.39, 0.29) is 11.7 Å². The van der Waals surface area contributed by atoms with Crippen molar-refractivity contribution in [3.05, 3.63) is 59.7 Å². The number of benzene rings is 2. The summed E-state index contributed by atoms with van der Waals surface area (Å²) in [5.74, 6) is -3.11. The molecular formula is C34H48F6N4O6. The van der Waals surface area contributed by atoms with Crippen molar-refractivity contribution in [3.8, 4) is 11.5 Å². The van der Waals surface area contributed by atoms with E-state index in [4.69, 9.17) is 51.6 Å². The van der Waals surface area contributed by atoms with Crippen LogP contribution in [-0.2, 0) is 22.4 Å². The smallest absolute Gasteiger partial charge is 0.490 e. The number of hydrogen-bond donors (Lipinski definition) is 6. The zero-order valence-corrected chi connectivity index (χ0v) is 27.9. The number of carboxylic acids is 2. The number of amidine groups is 2. The van der Waals surface area contributed by atoms with Gasteiger partial charge >= 0.3 is 24.3 Å². The van der Waals surface area contributed by atoms with E-state index in [2.05, 4.69) is 24.3 Å². The summed E-state index contributed by atoms with van der Waals surface area (Å²) < 4.78 is 75.2. The Balaban J connectivity index is 0.00000143. The Morgan fingerprint density at radius 1 is 0.540 bits per heavy atom. The molecule has 0 amide bonds. The average molecular weight is 723 g/mol. The van der Waals surface area contributed by atoms with Gasteiger partial charge in [0.25, 0.3) is 0 Å². The molecule has 0 radical (unpaired) electrons. The van der Waals surface area contributed by atoms with Crippen molar-refractivity contribution in [2.24, 2.45) is 11.5 Å². The standard InChI is InChI=1S/C30H46N4O2.2C2HF3O2/c31-29(32)13-9-11-25-15-19-27(20-16-25)35-23-7-5-3-1-2-4-6-8-24-36-28-21-17-26(18-22-28)12-10-14-30(33)34;2*3-2(4,5)1(6)7/h15-22H,1-14,23-24H2,(H3,31,32)(H3,33,34);2*(H,6,7). The quantitative estimate of drug-likeness (QED) is 0.0322. The lowest BCUT2D eigenvalue weighted by Crippen LogP contribution is -2.21. The Bertz CT molecular complexity index is 1160. The molecule has 2 aromatic rings. The molecule has 2 aromatic carbocycles. The fourth-order valence-electron chi connectivity index (χ4n) is 4.12. The molecule has 0 spiro atoms. The highest BCUT2D eigenvalue weighted by Crippen LogP contribution is 2.17. The molecule has 0 aliphatic rings. The van der Waals surface area contributed by atoms with Gasteiger partial charge in [0.15, 0.2) is 0 Å². The topological polar surface area (TPSA) is 193 Å². The third kappa shape index (κ3) is 26.5. The summed E-state index contributed by atoms with van der Waals surface area (Å²) in [5.41, 5.74) is 13.3. The first kappa shape index (κ1) is 45.5. The molecule has 0 atom stereocenters. The van der Waals surface area contributed by atoms with Crippen LogP contribution < -0.4 is 20.9 Å². The number of ether oxygens (including phenoxy) is 2. The largest absolute Gasteiger partial charge is 0.494 e. The van der Waals surface area contributed by atoms with Crippen molar-refractivity contribution in [1.82, 2.24) is 0 Å². The van der Waals surface area contributed by atoms with Gasteiger partial charge < -0.3 is 31.2 Å². The molecule has 0 bridgehead atoms. The summed E-state index contributed by atoms with van der Waals surface area (Å²) in [7, 11) is 0. The number of hydrogen-bond acceptors (Lipinski definition) is 6. The monoisotopic (exact) mass is 722 g/mol. The zero-order chi connectivity index (χ0) is 38.0. The molecule has 50 heavy (non-hydrogen) atoms. The number of rotatable bonds is 21. The number of carboxylic acid groups (broad SMARTS) is 2. The van der Waals surface area contributed by atoms with Crippen LogP contribution >= 0.6 is 0 Å². The van der Waals surface area contributed by atoms with Crippen LogP contribution in [0, 0.1) is 10.8 Å². The molecule has 282 valence electrons. The maximum absolute atomic E-state index is 10.6. The minimum atomic E-state index is -5.08. The van der Waals surface area contributed by atoms with Crippen LogP contribution in [0.4, 0.5) is 26.3 Å². The van der Waals surface area contributed by atoms with E-state index >= 15 is 0 Å². The van der Waals surface area contributed by atoms with Crippen LogP contribution in [0.5, 0.6) is 11.5 Å². The van der Waals surface area contributed by atoms with Crippen molar-refractivity contribution >= 4 is 23.6 Å². The van der Waals surface area contributed by atoms with Gasteiger partial charge in [-0.3, -0.25) is 10.8 Å². The summed E-state index contributed by atoms with van der Waals surface area (Å²) in [6.45, 7) is 1.56. The van der Waals surface area contributed by atoms with Gasteiger partial charge in [0, 0.05) is 12.8 Å². The lowest BCUT2D eigenvalue weighted by molar-refractivity contribution is -0.193. The molecule has 0 saturated heterocycles. The molecule has 0 fully saturated rings. The SMILES string of the molecule is N=C(N)CCCc1ccc(OCCCCCCCCCCOc2ccc(CCCC(=N)N)cc2)cc1.O=C(O)C(F)(F)F.O=C(O)C(F)(F)F. The second kappa shape index (κ2) is 25.5. The first-order valence-electron chi connectivity index (χ1n) is 16.1. The van der Waals surface area contributed by atoms with Gasteiger partial charge in [0.05, 0.1) is 24.9 Å². The van der Waals surface area contributed by atoms with Crippen LogP contribution in [-0.4, -0.2) is 59.4 Å². The summed E-state index contributed by atoms with van der Waals surface area (Å²) in [4.78, 5) is 17.8. The van der Waals surface area contributed by atoms with Gasteiger partial charge in [0.1, 0.15) is 11.5 Å². The fraction of sp³-hybridized carbons (Fsp3) is 0.529. The van der Waals surface area contributed by atoms with Crippen LogP contribution in [0.1, 0.15) is 88.2 Å². The van der Waals surface area contributed by atoms with Gasteiger partial charge in [0.2, 0.25) is 0 Å². The van der Waals surface area contributed by atoms with Crippen LogP contribution in [0.15, 0.2) is 48.5 Å². The molecule has 2 rings (SSSR count). The van der Waals surface area contributed by atoms with E-state index in [1.165, 1.54) is 49.7 Å². The molecule has 0 aliphatic carbocycles. The van der Waals surface area contributed by atoms with Crippen molar-refractivity contribution in [2.75, 3.05) is 13.2 Å². The number of halogens is 6.